The Labute approximate surface area is 112 Å². The van der Waals surface area contributed by atoms with E-state index in [2.05, 4.69) is 50.4 Å². The highest BCUT2D eigenvalue weighted by Gasteiger charge is 2.31. The van der Waals surface area contributed by atoms with Crippen LogP contribution < -0.4 is 5.32 Å². The van der Waals surface area contributed by atoms with Crippen LogP contribution in [0.2, 0.25) is 0 Å². The molecule has 2 atom stereocenters. The molecule has 1 N–H and O–H groups in total. The minimum atomic E-state index is 0.641. The van der Waals surface area contributed by atoms with E-state index in [1.807, 2.05) is 0 Å². The van der Waals surface area contributed by atoms with Gasteiger partial charge >= 0.3 is 0 Å². The SMILES string of the molecule is CCCNCC1CCC1c1ccc(C(C)C)cc1. The van der Waals surface area contributed by atoms with Crippen molar-refractivity contribution in [1.29, 1.82) is 0 Å². The topological polar surface area (TPSA) is 12.0 Å². The maximum absolute atomic E-state index is 3.57. The fourth-order valence-electron chi connectivity index (χ4n) is 2.84. The average molecular weight is 245 g/mol. The monoisotopic (exact) mass is 245 g/mol. The zero-order chi connectivity index (χ0) is 13.0. The maximum atomic E-state index is 3.57. The molecular weight excluding hydrogens is 218 g/mol. The van der Waals surface area contributed by atoms with Crippen molar-refractivity contribution in [2.75, 3.05) is 13.1 Å². The number of rotatable bonds is 6. The maximum Gasteiger partial charge on any atom is -0.00147 e. The van der Waals surface area contributed by atoms with Gasteiger partial charge in [-0.1, -0.05) is 45.0 Å². The van der Waals surface area contributed by atoms with Gasteiger partial charge in [-0.2, -0.15) is 0 Å². The first-order chi connectivity index (χ1) is 8.72. The molecule has 0 amide bonds. The average Bonchev–Trinajstić information content (AvgIpc) is 2.34. The molecule has 2 rings (SSSR count). The van der Waals surface area contributed by atoms with Crippen molar-refractivity contribution in [3.8, 4) is 0 Å². The van der Waals surface area contributed by atoms with E-state index < -0.39 is 0 Å². The summed E-state index contributed by atoms with van der Waals surface area (Å²) in [7, 11) is 0. The first kappa shape index (κ1) is 13.6. The number of hydrogen-bond donors (Lipinski definition) is 1. The normalized spacial score (nSPS) is 23.1. The van der Waals surface area contributed by atoms with E-state index in [-0.39, 0.29) is 0 Å². The summed E-state index contributed by atoms with van der Waals surface area (Å²) >= 11 is 0. The van der Waals surface area contributed by atoms with Gasteiger partial charge in [0.05, 0.1) is 0 Å². The summed E-state index contributed by atoms with van der Waals surface area (Å²) in [5, 5.41) is 3.57. The van der Waals surface area contributed by atoms with Crippen LogP contribution in [0.4, 0.5) is 0 Å². The number of benzene rings is 1. The highest BCUT2D eigenvalue weighted by Crippen LogP contribution is 2.42. The molecule has 1 fully saturated rings. The van der Waals surface area contributed by atoms with E-state index in [1.165, 1.54) is 31.4 Å². The molecule has 1 aromatic carbocycles. The van der Waals surface area contributed by atoms with Crippen molar-refractivity contribution < 1.29 is 0 Å². The van der Waals surface area contributed by atoms with Gasteiger partial charge in [-0.05, 0) is 61.2 Å². The molecule has 0 bridgehead atoms. The third kappa shape index (κ3) is 3.14. The quantitative estimate of drug-likeness (QED) is 0.737. The zero-order valence-electron chi connectivity index (χ0n) is 12.1. The van der Waals surface area contributed by atoms with Crippen LogP contribution in [-0.4, -0.2) is 13.1 Å². The Bertz CT molecular complexity index is 352. The van der Waals surface area contributed by atoms with Crippen LogP contribution in [0, 0.1) is 5.92 Å². The molecule has 18 heavy (non-hydrogen) atoms. The minimum Gasteiger partial charge on any atom is -0.316 e. The Morgan fingerprint density at radius 2 is 1.89 bits per heavy atom. The van der Waals surface area contributed by atoms with Gasteiger partial charge in [-0.3, -0.25) is 0 Å². The van der Waals surface area contributed by atoms with Crippen molar-refractivity contribution in [3.05, 3.63) is 35.4 Å². The highest BCUT2D eigenvalue weighted by molar-refractivity contribution is 5.29. The van der Waals surface area contributed by atoms with Gasteiger partial charge in [0.1, 0.15) is 0 Å². The van der Waals surface area contributed by atoms with Gasteiger partial charge in [0.15, 0.2) is 0 Å². The van der Waals surface area contributed by atoms with E-state index >= 15 is 0 Å². The van der Waals surface area contributed by atoms with Crippen LogP contribution in [-0.2, 0) is 0 Å². The van der Waals surface area contributed by atoms with Crippen molar-refractivity contribution >= 4 is 0 Å². The van der Waals surface area contributed by atoms with Gasteiger partial charge in [0.25, 0.3) is 0 Å². The molecule has 1 nitrogen and oxygen atoms in total. The molecule has 100 valence electrons. The molecule has 2 unspecified atom stereocenters. The van der Waals surface area contributed by atoms with Crippen molar-refractivity contribution in [3.63, 3.8) is 0 Å². The first-order valence-corrected chi connectivity index (χ1v) is 7.53. The van der Waals surface area contributed by atoms with E-state index in [1.54, 1.807) is 5.56 Å². The second-order valence-corrected chi connectivity index (χ2v) is 5.97. The zero-order valence-corrected chi connectivity index (χ0v) is 12.1. The molecule has 1 aromatic rings. The van der Waals surface area contributed by atoms with Crippen molar-refractivity contribution in [1.82, 2.24) is 5.32 Å². The summed E-state index contributed by atoms with van der Waals surface area (Å²) in [6.45, 7) is 9.11. The van der Waals surface area contributed by atoms with Crippen molar-refractivity contribution in [2.45, 2.75) is 51.9 Å². The fraction of sp³-hybridized carbons (Fsp3) is 0.647. The molecule has 0 aromatic heterocycles. The largest absolute Gasteiger partial charge is 0.316 e. The Morgan fingerprint density at radius 1 is 1.17 bits per heavy atom. The number of nitrogens with one attached hydrogen (secondary N) is 1. The summed E-state index contributed by atoms with van der Waals surface area (Å²) in [5.41, 5.74) is 3.01. The lowest BCUT2D eigenvalue weighted by Crippen LogP contribution is -2.34. The third-order valence-corrected chi connectivity index (χ3v) is 4.28. The lowest BCUT2D eigenvalue weighted by Gasteiger charge is -2.37. The summed E-state index contributed by atoms with van der Waals surface area (Å²) < 4.78 is 0. The highest BCUT2D eigenvalue weighted by atomic mass is 14.9. The van der Waals surface area contributed by atoms with Crippen molar-refractivity contribution in [2.24, 2.45) is 5.92 Å². The second-order valence-electron chi connectivity index (χ2n) is 5.97. The lowest BCUT2D eigenvalue weighted by atomic mass is 9.70. The van der Waals surface area contributed by atoms with Crippen LogP contribution in [0.25, 0.3) is 0 Å². The van der Waals surface area contributed by atoms with Gasteiger partial charge < -0.3 is 5.32 Å². The molecule has 0 heterocycles. The van der Waals surface area contributed by atoms with Crippen LogP contribution >= 0.6 is 0 Å². The Hall–Kier alpha value is -0.820. The summed E-state index contributed by atoms with van der Waals surface area (Å²) in [6.07, 6.45) is 4.01. The summed E-state index contributed by atoms with van der Waals surface area (Å²) in [5.74, 6) is 2.31. The second kappa shape index (κ2) is 6.38. The molecular formula is C17H27N. The molecule has 1 aliphatic carbocycles. The minimum absolute atomic E-state index is 0.641. The van der Waals surface area contributed by atoms with Gasteiger partial charge in [-0.15, -0.1) is 0 Å². The molecule has 0 aliphatic heterocycles. The predicted octanol–water partition coefficient (Wildman–Crippen LogP) is 4.30. The molecule has 0 saturated heterocycles. The summed E-state index contributed by atoms with van der Waals surface area (Å²) in [4.78, 5) is 0. The van der Waals surface area contributed by atoms with Crippen LogP contribution in [0.3, 0.4) is 0 Å². The lowest BCUT2D eigenvalue weighted by molar-refractivity contribution is 0.246. The van der Waals surface area contributed by atoms with E-state index in [0.717, 1.165) is 18.4 Å². The van der Waals surface area contributed by atoms with E-state index in [4.69, 9.17) is 0 Å². The van der Waals surface area contributed by atoms with Gasteiger partial charge in [0, 0.05) is 0 Å². The van der Waals surface area contributed by atoms with Crippen LogP contribution in [0.15, 0.2) is 24.3 Å². The van der Waals surface area contributed by atoms with Crippen LogP contribution in [0.5, 0.6) is 0 Å². The molecule has 0 spiro atoms. The van der Waals surface area contributed by atoms with E-state index in [9.17, 15) is 0 Å². The Balaban J connectivity index is 1.91. The Morgan fingerprint density at radius 3 is 2.39 bits per heavy atom. The number of hydrogen-bond acceptors (Lipinski definition) is 1. The van der Waals surface area contributed by atoms with E-state index in [0.29, 0.717) is 5.92 Å². The molecule has 1 saturated carbocycles. The first-order valence-electron chi connectivity index (χ1n) is 7.53. The van der Waals surface area contributed by atoms with Crippen LogP contribution in [0.1, 0.15) is 63.0 Å². The van der Waals surface area contributed by atoms with Gasteiger partial charge in [-0.25, -0.2) is 0 Å². The summed E-state index contributed by atoms with van der Waals surface area (Å²) in [6, 6.07) is 9.33. The van der Waals surface area contributed by atoms with Gasteiger partial charge in [0.2, 0.25) is 0 Å². The molecule has 0 radical (unpaired) electrons. The smallest absolute Gasteiger partial charge is 0.00147 e. The standard InChI is InChI=1S/C17H27N/c1-4-11-18-12-16-9-10-17(16)15-7-5-14(6-8-15)13(2)3/h5-8,13,16-18H,4,9-12H2,1-3H3. The fourth-order valence-corrected chi connectivity index (χ4v) is 2.84. The Kier molecular flexibility index (Phi) is 4.82. The third-order valence-electron chi connectivity index (χ3n) is 4.28. The predicted molar refractivity (Wildman–Crippen MR) is 79.2 cm³/mol. The molecule has 1 heteroatoms. The molecule has 1 aliphatic rings.